The van der Waals surface area contributed by atoms with E-state index in [0.29, 0.717) is 5.15 Å². The van der Waals surface area contributed by atoms with Crippen molar-refractivity contribution in [3.63, 3.8) is 0 Å². The first-order chi connectivity index (χ1) is 10.2. The molecule has 5 heteroatoms. The van der Waals surface area contributed by atoms with Gasteiger partial charge in [0.1, 0.15) is 16.8 Å². The number of para-hydroxylation sites is 2. The van der Waals surface area contributed by atoms with Gasteiger partial charge in [-0.05, 0) is 18.6 Å². The largest absolute Gasteiger partial charge is 0.371 e. The molecule has 0 aliphatic carbocycles. The summed E-state index contributed by atoms with van der Waals surface area (Å²) in [6.07, 6.45) is 1.86. The van der Waals surface area contributed by atoms with Crippen LogP contribution >= 0.6 is 11.6 Å². The van der Waals surface area contributed by atoms with Crippen molar-refractivity contribution in [2.75, 3.05) is 29.9 Å². The maximum absolute atomic E-state index is 6.17. The molecule has 21 heavy (non-hydrogen) atoms. The van der Waals surface area contributed by atoms with Crippen molar-refractivity contribution < 1.29 is 0 Å². The molecule has 1 aliphatic rings. The normalized spacial score (nSPS) is 14.2. The first-order valence-electron chi connectivity index (χ1n) is 7.30. The summed E-state index contributed by atoms with van der Waals surface area (Å²) >= 11 is 6.17. The van der Waals surface area contributed by atoms with Crippen molar-refractivity contribution >= 4 is 28.8 Å². The van der Waals surface area contributed by atoms with Crippen LogP contribution in [0.15, 0.2) is 30.3 Å². The van der Waals surface area contributed by atoms with E-state index in [0.717, 1.165) is 37.6 Å². The van der Waals surface area contributed by atoms with Crippen molar-refractivity contribution in [2.45, 2.75) is 19.8 Å². The Bertz CT molecular complexity index is 644. The van der Waals surface area contributed by atoms with Crippen LogP contribution in [0, 0.1) is 0 Å². The highest BCUT2D eigenvalue weighted by molar-refractivity contribution is 6.29. The molecule has 0 radical (unpaired) electrons. The first kappa shape index (κ1) is 14.1. The Labute approximate surface area is 130 Å². The number of halogens is 1. The zero-order valence-corrected chi connectivity index (χ0v) is 13.1. The Hall–Kier alpha value is -1.81. The standard InChI is InChI=1S/C16H19ClN4/c1-3-6-15-18-14(17)11-16(19-15)21-10-9-20(2)12-7-4-5-8-13(12)21/h4-5,7-8,11H,3,6,9-10H2,1-2H3. The van der Waals surface area contributed by atoms with Crippen LogP contribution in [0.3, 0.4) is 0 Å². The number of hydrogen-bond acceptors (Lipinski definition) is 4. The van der Waals surface area contributed by atoms with Crippen molar-refractivity contribution in [1.29, 1.82) is 0 Å². The molecule has 1 aliphatic heterocycles. The van der Waals surface area contributed by atoms with E-state index in [-0.39, 0.29) is 0 Å². The van der Waals surface area contributed by atoms with Gasteiger partial charge in [0.15, 0.2) is 0 Å². The molecule has 0 bridgehead atoms. The lowest BCUT2D eigenvalue weighted by Crippen LogP contribution is -2.36. The van der Waals surface area contributed by atoms with Crippen LogP contribution in [0.4, 0.5) is 17.2 Å². The van der Waals surface area contributed by atoms with Crippen LogP contribution < -0.4 is 9.80 Å². The fourth-order valence-corrected chi connectivity index (χ4v) is 2.86. The second kappa shape index (κ2) is 5.90. The van der Waals surface area contributed by atoms with Crippen LogP contribution in [-0.2, 0) is 6.42 Å². The van der Waals surface area contributed by atoms with Crippen LogP contribution in [0.5, 0.6) is 0 Å². The zero-order valence-electron chi connectivity index (χ0n) is 12.4. The second-order valence-corrected chi connectivity index (χ2v) is 5.66. The van der Waals surface area contributed by atoms with Gasteiger partial charge < -0.3 is 9.80 Å². The quantitative estimate of drug-likeness (QED) is 0.810. The van der Waals surface area contributed by atoms with E-state index in [1.165, 1.54) is 11.4 Å². The van der Waals surface area contributed by atoms with Gasteiger partial charge >= 0.3 is 0 Å². The Morgan fingerprint density at radius 3 is 2.67 bits per heavy atom. The van der Waals surface area contributed by atoms with Crippen molar-refractivity contribution in [1.82, 2.24) is 9.97 Å². The molecule has 0 fully saturated rings. The number of aromatic nitrogens is 2. The number of benzene rings is 1. The summed E-state index contributed by atoms with van der Waals surface area (Å²) in [5.74, 6) is 1.70. The molecule has 0 N–H and O–H groups in total. The van der Waals surface area contributed by atoms with Gasteiger partial charge in [0, 0.05) is 32.6 Å². The number of aryl methyl sites for hydroxylation is 1. The fraction of sp³-hybridized carbons (Fsp3) is 0.375. The van der Waals surface area contributed by atoms with Crippen LogP contribution in [0.1, 0.15) is 19.2 Å². The van der Waals surface area contributed by atoms with Gasteiger partial charge in [-0.3, -0.25) is 0 Å². The Balaban J connectivity index is 2.03. The highest BCUT2D eigenvalue weighted by Gasteiger charge is 2.22. The molecule has 0 unspecified atom stereocenters. The minimum absolute atomic E-state index is 0.514. The molecule has 2 aromatic rings. The predicted molar refractivity (Wildman–Crippen MR) is 87.8 cm³/mol. The summed E-state index contributed by atoms with van der Waals surface area (Å²) in [7, 11) is 2.12. The maximum atomic E-state index is 6.17. The van der Waals surface area contributed by atoms with Crippen LogP contribution in [-0.4, -0.2) is 30.1 Å². The SMILES string of the molecule is CCCc1nc(Cl)cc(N2CCN(C)c3ccccc32)n1. The summed E-state index contributed by atoms with van der Waals surface area (Å²) in [5.41, 5.74) is 2.39. The summed E-state index contributed by atoms with van der Waals surface area (Å²) in [6, 6.07) is 10.2. The Morgan fingerprint density at radius 2 is 1.90 bits per heavy atom. The Kier molecular flexibility index (Phi) is 3.97. The number of nitrogens with zero attached hydrogens (tertiary/aromatic N) is 4. The van der Waals surface area contributed by atoms with E-state index in [1.807, 2.05) is 6.07 Å². The third-order valence-corrected chi connectivity index (χ3v) is 3.91. The molecular formula is C16H19ClN4. The molecule has 0 amide bonds. The topological polar surface area (TPSA) is 32.3 Å². The minimum Gasteiger partial charge on any atom is -0.371 e. The highest BCUT2D eigenvalue weighted by Crippen LogP contribution is 2.36. The van der Waals surface area contributed by atoms with Gasteiger partial charge in [0.05, 0.1) is 11.4 Å². The van der Waals surface area contributed by atoms with Crippen molar-refractivity contribution in [2.24, 2.45) is 0 Å². The van der Waals surface area contributed by atoms with E-state index in [2.05, 4.69) is 58.0 Å². The van der Waals surface area contributed by atoms with E-state index in [4.69, 9.17) is 11.6 Å². The fourth-order valence-electron chi connectivity index (χ4n) is 2.67. The third kappa shape index (κ3) is 2.81. The summed E-state index contributed by atoms with van der Waals surface area (Å²) < 4.78 is 0. The first-order valence-corrected chi connectivity index (χ1v) is 7.68. The Morgan fingerprint density at radius 1 is 1.14 bits per heavy atom. The summed E-state index contributed by atoms with van der Waals surface area (Å²) in [6.45, 7) is 3.98. The smallest absolute Gasteiger partial charge is 0.138 e. The zero-order chi connectivity index (χ0) is 14.8. The molecule has 3 rings (SSSR count). The van der Waals surface area contributed by atoms with Crippen molar-refractivity contribution in [3.8, 4) is 0 Å². The number of likely N-dealkylation sites (N-methyl/N-ethyl adjacent to an activating group) is 1. The van der Waals surface area contributed by atoms with Gasteiger partial charge in [-0.15, -0.1) is 0 Å². The summed E-state index contributed by atoms with van der Waals surface area (Å²) in [4.78, 5) is 13.5. The monoisotopic (exact) mass is 302 g/mol. The van der Waals surface area contributed by atoms with Crippen molar-refractivity contribution in [3.05, 3.63) is 41.3 Å². The molecule has 0 atom stereocenters. The van der Waals surface area contributed by atoms with Gasteiger partial charge in [-0.25, -0.2) is 9.97 Å². The molecule has 4 nitrogen and oxygen atoms in total. The van der Waals surface area contributed by atoms with Crippen LogP contribution in [0.25, 0.3) is 0 Å². The van der Waals surface area contributed by atoms with Crippen LogP contribution in [0.2, 0.25) is 5.15 Å². The van der Waals surface area contributed by atoms with Gasteiger partial charge in [-0.1, -0.05) is 30.7 Å². The molecule has 110 valence electrons. The van der Waals surface area contributed by atoms with E-state index in [9.17, 15) is 0 Å². The number of anilines is 3. The predicted octanol–water partition coefficient (Wildman–Crippen LogP) is 3.67. The number of hydrogen-bond donors (Lipinski definition) is 0. The average Bonchev–Trinajstić information content (AvgIpc) is 2.47. The second-order valence-electron chi connectivity index (χ2n) is 5.28. The number of fused-ring (bicyclic) bond motifs is 1. The van der Waals surface area contributed by atoms with Gasteiger partial charge in [0.2, 0.25) is 0 Å². The molecule has 1 aromatic carbocycles. The van der Waals surface area contributed by atoms with Gasteiger partial charge in [0.25, 0.3) is 0 Å². The molecule has 0 saturated carbocycles. The molecule has 1 aromatic heterocycles. The van der Waals surface area contributed by atoms with E-state index in [1.54, 1.807) is 0 Å². The summed E-state index contributed by atoms with van der Waals surface area (Å²) in [5, 5.41) is 0.514. The molecule has 0 saturated heterocycles. The minimum atomic E-state index is 0.514. The highest BCUT2D eigenvalue weighted by atomic mass is 35.5. The third-order valence-electron chi connectivity index (χ3n) is 3.72. The lowest BCUT2D eigenvalue weighted by molar-refractivity contribution is 0.791. The lowest BCUT2D eigenvalue weighted by atomic mass is 10.1. The molecule has 2 heterocycles. The van der Waals surface area contributed by atoms with E-state index >= 15 is 0 Å². The lowest BCUT2D eigenvalue weighted by Gasteiger charge is -2.36. The maximum Gasteiger partial charge on any atom is 0.138 e. The molecular weight excluding hydrogens is 284 g/mol. The number of rotatable bonds is 3. The molecule has 0 spiro atoms. The average molecular weight is 303 g/mol. The van der Waals surface area contributed by atoms with Gasteiger partial charge in [-0.2, -0.15) is 0 Å². The van der Waals surface area contributed by atoms with E-state index < -0.39 is 0 Å².